The first-order chi connectivity index (χ1) is 6.45. The molecule has 3 heteroatoms. The van der Waals surface area contributed by atoms with Gasteiger partial charge in [0.25, 0.3) is 0 Å². The zero-order valence-electron chi connectivity index (χ0n) is 6.92. The van der Waals surface area contributed by atoms with Gasteiger partial charge in [0.2, 0.25) is 5.88 Å². The van der Waals surface area contributed by atoms with Crippen molar-refractivity contribution in [1.82, 2.24) is 9.97 Å². The first-order valence-corrected chi connectivity index (χ1v) is 3.94. The molecule has 0 bridgehead atoms. The predicted molar refractivity (Wildman–Crippen MR) is 48.5 cm³/mol. The van der Waals surface area contributed by atoms with Gasteiger partial charge < -0.3 is 4.74 Å². The molecule has 64 valence electrons. The standard InChI is InChI=1S/C10H8N2O/c1-2-4-9(5-3-1)13-10-8-11-6-7-12-10/h1-8H. The zero-order valence-corrected chi connectivity index (χ0v) is 6.92. The Kier molecular flexibility index (Phi) is 2.18. The summed E-state index contributed by atoms with van der Waals surface area (Å²) < 4.78 is 5.40. The van der Waals surface area contributed by atoms with E-state index < -0.39 is 0 Å². The average molecular weight is 172 g/mol. The van der Waals surface area contributed by atoms with Crippen molar-refractivity contribution in [2.45, 2.75) is 0 Å². The van der Waals surface area contributed by atoms with Crippen molar-refractivity contribution in [3.8, 4) is 11.6 Å². The summed E-state index contributed by atoms with van der Waals surface area (Å²) >= 11 is 0. The van der Waals surface area contributed by atoms with E-state index in [1.807, 2.05) is 30.3 Å². The minimum atomic E-state index is 0.508. The normalized spacial score (nSPS) is 9.54. The predicted octanol–water partition coefficient (Wildman–Crippen LogP) is 2.27. The first kappa shape index (κ1) is 7.73. The molecule has 0 N–H and O–H groups in total. The molecule has 0 spiro atoms. The molecule has 2 rings (SSSR count). The van der Waals surface area contributed by atoms with Gasteiger partial charge in [-0.1, -0.05) is 18.2 Å². The van der Waals surface area contributed by atoms with Gasteiger partial charge in [0.1, 0.15) is 5.75 Å². The number of hydrogen-bond acceptors (Lipinski definition) is 3. The summed E-state index contributed by atoms with van der Waals surface area (Å²) in [5, 5.41) is 0. The van der Waals surface area contributed by atoms with Gasteiger partial charge in [0.15, 0.2) is 0 Å². The van der Waals surface area contributed by atoms with Gasteiger partial charge in [0, 0.05) is 12.4 Å². The number of benzene rings is 1. The molecule has 1 heterocycles. The molecule has 0 atom stereocenters. The average Bonchev–Trinajstić information content (AvgIpc) is 2.21. The van der Waals surface area contributed by atoms with Crippen LogP contribution < -0.4 is 4.74 Å². The van der Waals surface area contributed by atoms with Crippen LogP contribution >= 0.6 is 0 Å². The monoisotopic (exact) mass is 172 g/mol. The Bertz CT molecular complexity index is 324. The minimum Gasteiger partial charge on any atom is -0.438 e. The van der Waals surface area contributed by atoms with Gasteiger partial charge in [-0.15, -0.1) is 0 Å². The third-order valence-corrected chi connectivity index (χ3v) is 1.51. The van der Waals surface area contributed by atoms with Gasteiger partial charge in [0.05, 0.1) is 6.20 Å². The number of para-hydroxylation sites is 1. The van der Waals surface area contributed by atoms with Crippen LogP contribution in [0, 0.1) is 0 Å². The maximum atomic E-state index is 5.40. The summed E-state index contributed by atoms with van der Waals surface area (Å²) in [6, 6.07) is 9.49. The molecule has 3 nitrogen and oxygen atoms in total. The zero-order chi connectivity index (χ0) is 8.93. The summed E-state index contributed by atoms with van der Waals surface area (Å²) in [5.74, 6) is 1.27. The van der Waals surface area contributed by atoms with E-state index in [0.29, 0.717) is 5.88 Å². The molecule has 0 amide bonds. The molecule has 0 saturated carbocycles. The van der Waals surface area contributed by atoms with Crippen molar-refractivity contribution < 1.29 is 4.74 Å². The van der Waals surface area contributed by atoms with E-state index in [0.717, 1.165) is 5.75 Å². The van der Waals surface area contributed by atoms with E-state index in [1.54, 1.807) is 18.6 Å². The van der Waals surface area contributed by atoms with E-state index in [1.165, 1.54) is 0 Å². The molecule has 0 aliphatic rings. The Labute approximate surface area is 76.0 Å². The van der Waals surface area contributed by atoms with Crippen molar-refractivity contribution in [3.63, 3.8) is 0 Å². The van der Waals surface area contributed by atoms with Gasteiger partial charge in [-0.25, -0.2) is 4.98 Å². The second-order valence-corrected chi connectivity index (χ2v) is 2.46. The largest absolute Gasteiger partial charge is 0.438 e. The third-order valence-electron chi connectivity index (χ3n) is 1.51. The Morgan fingerprint density at radius 1 is 1.00 bits per heavy atom. The van der Waals surface area contributed by atoms with Crippen molar-refractivity contribution in [3.05, 3.63) is 48.9 Å². The van der Waals surface area contributed by atoms with Crippen LogP contribution in [0.2, 0.25) is 0 Å². The summed E-state index contributed by atoms with van der Waals surface area (Å²) in [5.41, 5.74) is 0. The molecule has 0 unspecified atom stereocenters. The van der Waals surface area contributed by atoms with Crippen LogP contribution in [0.15, 0.2) is 48.9 Å². The second kappa shape index (κ2) is 3.67. The molecule has 13 heavy (non-hydrogen) atoms. The van der Waals surface area contributed by atoms with Gasteiger partial charge >= 0.3 is 0 Å². The fraction of sp³-hybridized carbons (Fsp3) is 0. The topological polar surface area (TPSA) is 35.0 Å². The molecule has 0 fully saturated rings. The highest BCUT2D eigenvalue weighted by Gasteiger charge is 1.94. The van der Waals surface area contributed by atoms with Crippen LogP contribution in [0.3, 0.4) is 0 Å². The molecule has 0 aliphatic heterocycles. The molecule has 0 aliphatic carbocycles. The quantitative estimate of drug-likeness (QED) is 0.697. The Morgan fingerprint density at radius 2 is 1.85 bits per heavy atom. The molecule has 1 aromatic heterocycles. The summed E-state index contributed by atoms with van der Waals surface area (Å²) in [6.45, 7) is 0. The summed E-state index contributed by atoms with van der Waals surface area (Å²) in [4.78, 5) is 7.88. The highest BCUT2D eigenvalue weighted by atomic mass is 16.5. The number of aromatic nitrogens is 2. The highest BCUT2D eigenvalue weighted by molar-refractivity contribution is 5.25. The lowest BCUT2D eigenvalue weighted by atomic mass is 10.3. The molecular formula is C10H8N2O. The lowest BCUT2D eigenvalue weighted by molar-refractivity contribution is 0.460. The van der Waals surface area contributed by atoms with E-state index in [4.69, 9.17) is 4.74 Å². The lowest BCUT2D eigenvalue weighted by Gasteiger charge is -2.01. The van der Waals surface area contributed by atoms with E-state index >= 15 is 0 Å². The fourth-order valence-corrected chi connectivity index (χ4v) is 0.947. The Hall–Kier alpha value is -1.90. The second-order valence-electron chi connectivity index (χ2n) is 2.46. The van der Waals surface area contributed by atoms with Crippen LogP contribution in [0.25, 0.3) is 0 Å². The van der Waals surface area contributed by atoms with E-state index in [2.05, 4.69) is 9.97 Å². The van der Waals surface area contributed by atoms with Crippen LogP contribution in [-0.2, 0) is 0 Å². The van der Waals surface area contributed by atoms with E-state index in [-0.39, 0.29) is 0 Å². The third kappa shape index (κ3) is 2.02. The molecule has 0 saturated heterocycles. The molecular weight excluding hydrogens is 164 g/mol. The fourth-order valence-electron chi connectivity index (χ4n) is 0.947. The molecule has 0 radical (unpaired) electrons. The molecule has 1 aromatic carbocycles. The maximum absolute atomic E-state index is 5.40. The molecule has 2 aromatic rings. The van der Waals surface area contributed by atoms with Crippen molar-refractivity contribution >= 4 is 0 Å². The van der Waals surface area contributed by atoms with Crippen LogP contribution in [0.1, 0.15) is 0 Å². The van der Waals surface area contributed by atoms with Gasteiger partial charge in [-0.05, 0) is 12.1 Å². The Balaban J connectivity index is 2.16. The first-order valence-electron chi connectivity index (χ1n) is 3.94. The summed E-state index contributed by atoms with van der Waals surface area (Å²) in [6.07, 6.45) is 4.78. The smallest absolute Gasteiger partial charge is 0.237 e. The van der Waals surface area contributed by atoms with Crippen molar-refractivity contribution in [2.24, 2.45) is 0 Å². The van der Waals surface area contributed by atoms with Gasteiger partial charge in [-0.3, -0.25) is 4.98 Å². The lowest BCUT2D eigenvalue weighted by Crippen LogP contribution is -1.86. The van der Waals surface area contributed by atoms with Gasteiger partial charge in [-0.2, -0.15) is 0 Å². The number of ether oxygens (including phenoxy) is 1. The number of nitrogens with zero attached hydrogens (tertiary/aromatic N) is 2. The van der Waals surface area contributed by atoms with E-state index in [9.17, 15) is 0 Å². The maximum Gasteiger partial charge on any atom is 0.237 e. The van der Waals surface area contributed by atoms with Crippen molar-refractivity contribution in [1.29, 1.82) is 0 Å². The summed E-state index contributed by atoms with van der Waals surface area (Å²) in [7, 11) is 0. The SMILES string of the molecule is c1ccc(Oc2cnccn2)cc1. The number of rotatable bonds is 2. The van der Waals surface area contributed by atoms with Crippen LogP contribution in [0.5, 0.6) is 11.6 Å². The number of hydrogen-bond donors (Lipinski definition) is 0. The Morgan fingerprint density at radius 3 is 2.54 bits per heavy atom. The highest BCUT2D eigenvalue weighted by Crippen LogP contribution is 2.16. The van der Waals surface area contributed by atoms with Crippen LogP contribution in [0.4, 0.5) is 0 Å². The van der Waals surface area contributed by atoms with Crippen molar-refractivity contribution in [2.75, 3.05) is 0 Å². The minimum absolute atomic E-state index is 0.508. The van der Waals surface area contributed by atoms with Crippen LogP contribution in [-0.4, -0.2) is 9.97 Å².